The Balaban J connectivity index is 1.82. The molecular formula is C20H18BrNO4S2. The third-order valence-corrected chi connectivity index (χ3v) is 6.14. The molecule has 28 heavy (non-hydrogen) atoms. The topological polar surface area (TPSA) is 70.8 Å². The Morgan fingerprint density at radius 2 is 2.04 bits per heavy atom. The maximum atomic E-state index is 12.8. The zero-order valence-electron chi connectivity index (χ0n) is 15.1. The Morgan fingerprint density at radius 1 is 1.32 bits per heavy atom. The lowest BCUT2D eigenvalue weighted by molar-refractivity contribution is -0.145. The van der Waals surface area contributed by atoms with Crippen molar-refractivity contribution in [3.63, 3.8) is 0 Å². The van der Waals surface area contributed by atoms with Crippen LogP contribution in [-0.2, 0) is 9.59 Å². The number of carboxylic acids is 1. The summed E-state index contributed by atoms with van der Waals surface area (Å²) >= 11 is 9.78. The van der Waals surface area contributed by atoms with Gasteiger partial charge in [-0.1, -0.05) is 71.8 Å². The highest BCUT2D eigenvalue weighted by molar-refractivity contribution is 9.10. The van der Waals surface area contributed by atoms with Crippen molar-refractivity contribution in [2.45, 2.75) is 32.2 Å². The van der Waals surface area contributed by atoms with Gasteiger partial charge >= 0.3 is 5.97 Å². The molecular weight excluding hydrogens is 462 g/mol. The number of amides is 1. The van der Waals surface area contributed by atoms with Crippen molar-refractivity contribution in [3.05, 3.63) is 51.5 Å². The van der Waals surface area contributed by atoms with E-state index in [1.54, 1.807) is 12.1 Å². The summed E-state index contributed by atoms with van der Waals surface area (Å²) in [4.78, 5) is 26.0. The molecule has 1 aliphatic heterocycles. The number of nitrogens with zero attached hydrogens (tertiary/aromatic N) is 1. The molecule has 2 heterocycles. The Morgan fingerprint density at radius 3 is 2.68 bits per heavy atom. The molecule has 2 aromatic rings. The van der Waals surface area contributed by atoms with Gasteiger partial charge in [-0.2, -0.15) is 0 Å². The third kappa shape index (κ3) is 4.56. The maximum absolute atomic E-state index is 12.8. The van der Waals surface area contributed by atoms with Crippen LogP contribution in [0.25, 0.3) is 17.4 Å². The highest BCUT2D eigenvalue weighted by Crippen LogP contribution is 2.36. The van der Waals surface area contributed by atoms with Crippen molar-refractivity contribution in [2.24, 2.45) is 0 Å². The average Bonchev–Trinajstić information content (AvgIpc) is 3.22. The summed E-state index contributed by atoms with van der Waals surface area (Å²) in [6.07, 6.45) is 3.54. The Hall–Kier alpha value is -1.90. The number of thiocarbonyl (C=S) groups is 1. The first-order chi connectivity index (χ1) is 13.4. The van der Waals surface area contributed by atoms with Crippen LogP contribution in [0.15, 0.2) is 50.2 Å². The highest BCUT2D eigenvalue weighted by Gasteiger charge is 2.40. The number of carboxylic acid groups (broad SMARTS) is 1. The first-order valence-corrected chi connectivity index (χ1v) is 10.8. The van der Waals surface area contributed by atoms with Gasteiger partial charge in [0.05, 0.1) is 4.91 Å². The number of thioether (sulfide) groups is 1. The highest BCUT2D eigenvalue weighted by atomic mass is 79.9. The summed E-state index contributed by atoms with van der Waals surface area (Å²) in [7, 11) is 0. The average molecular weight is 480 g/mol. The normalized spacial score (nSPS) is 16.8. The van der Waals surface area contributed by atoms with Gasteiger partial charge in [0.15, 0.2) is 0 Å². The number of aliphatic carboxylic acids is 1. The van der Waals surface area contributed by atoms with Gasteiger partial charge in [0.1, 0.15) is 21.9 Å². The fourth-order valence-corrected chi connectivity index (χ4v) is 4.44. The van der Waals surface area contributed by atoms with E-state index < -0.39 is 12.0 Å². The van der Waals surface area contributed by atoms with Crippen LogP contribution in [0, 0.1) is 0 Å². The van der Waals surface area contributed by atoms with E-state index in [0.29, 0.717) is 29.3 Å². The standard InChI is InChI=1S/C20H18BrNO4S2/c1-2-3-4-15(19(24)25)22-18(23)17(28-20(22)27)11-14-9-10-16(26-14)12-5-7-13(21)8-6-12/h5-11,15H,2-4H2,1H3,(H,24,25). The van der Waals surface area contributed by atoms with E-state index in [0.717, 1.165) is 28.2 Å². The van der Waals surface area contributed by atoms with Crippen LogP contribution in [0.2, 0.25) is 0 Å². The summed E-state index contributed by atoms with van der Waals surface area (Å²) in [6.45, 7) is 1.98. The first-order valence-electron chi connectivity index (χ1n) is 8.76. The molecule has 1 aromatic carbocycles. The van der Waals surface area contributed by atoms with Crippen LogP contribution < -0.4 is 0 Å². The molecule has 1 amide bonds. The molecule has 3 rings (SSSR count). The van der Waals surface area contributed by atoms with Crippen LogP contribution in [0.1, 0.15) is 31.9 Å². The fourth-order valence-electron chi connectivity index (χ4n) is 2.84. The van der Waals surface area contributed by atoms with Gasteiger partial charge in [-0.05, 0) is 30.7 Å². The lowest BCUT2D eigenvalue weighted by Crippen LogP contribution is -2.43. The molecule has 0 saturated carbocycles. The molecule has 5 nitrogen and oxygen atoms in total. The van der Waals surface area contributed by atoms with E-state index in [4.69, 9.17) is 16.6 Å². The van der Waals surface area contributed by atoms with E-state index in [9.17, 15) is 14.7 Å². The van der Waals surface area contributed by atoms with Crippen molar-refractivity contribution in [1.82, 2.24) is 4.90 Å². The molecule has 1 N–H and O–H groups in total. The molecule has 1 atom stereocenters. The molecule has 1 unspecified atom stereocenters. The van der Waals surface area contributed by atoms with Crippen molar-refractivity contribution in [1.29, 1.82) is 0 Å². The minimum Gasteiger partial charge on any atom is -0.480 e. The van der Waals surface area contributed by atoms with Gasteiger partial charge in [-0.25, -0.2) is 4.79 Å². The molecule has 0 bridgehead atoms. The number of furan rings is 1. The van der Waals surface area contributed by atoms with E-state index in [1.165, 1.54) is 4.90 Å². The van der Waals surface area contributed by atoms with Crippen molar-refractivity contribution in [3.8, 4) is 11.3 Å². The van der Waals surface area contributed by atoms with Gasteiger partial charge in [0.25, 0.3) is 5.91 Å². The zero-order chi connectivity index (χ0) is 20.3. The number of carbonyl (C=O) groups is 2. The van der Waals surface area contributed by atoms with E-state index in [-0.39, 0.29) is 10.2 Å². The lowest BCUT2D eigenvalue weighted by Gasteiger charge is -2.22. The zero-order valence-corrected chi connectivity index (χ0v) is 18.3. The minimum atomic E-state index is -1.04. The van der Waals surface area contributed by atoms with Crippen molar-refractivity contribution >= 4 is 62.2 Å². The van der Waals surface area contributed by atoms with Crippen LogP contribution in [0.3, 0.4) is 0 Å². The van der Waals surface area contributed by atoms with Crippen LogP contribution in [0.4, 0.5) is 0 Å². The summed E-state index contributed by atoms with van der Waals surface area (Å²) in [5.74, 6) is -0.235. The summed E-state index contributed by atoms with van der Waals surface area (Å²) in [6, 6.07) is 10.4. The second-order valence-corrected chi connectivity index (χ2v) is 8.85. The molecule has 1 saturated heterocycles. The number of halogens is 1. The van der Waals surface area contributed by atoms with Crippen LogP contribution in [-0.4, -0.2) is 32.2 Å². The molecule has 146 valence electrons. The van der Waals surface area contributed by atoms with Crippen molar-refractivity contribution in [2.75, 3.05) is 0 Å². The third-order valence-electron chi connectivity index (χ3n) is 4.28. The number of carbonyl (C=O) groups excluding carboxylic acids is 1. The molecule has 8 heteroatoms. The second kappa shape index (κ2) is 9.07. The first kappa shape index (κ1) is 20.8. The molecule has 1 fully saturated rings. The van der Waals surface area contributed by atoms with Gasteiger partial charge in [-0.3, -0.25) is 9.69 Å². The van der Waals surface area contributed by atoms with Gasteiger partial charge in [0, 0.05) is 16.1 Å². The van der Waals surface area contributed by atoms with Gasteiger partial charge < -0.3 is 9.52 Å². The number of hydrogen-bond acceptors (Lipinski definition) is 5. The smallest absolute Gasteiger partial charge is 0.326 e. The van der Waals surface area contributed by atoms with Gasteiger partial charge in [-0.15, -0.1) is 0 Å². The quantitative estimate of drug-likeness (QED) is 0.414. The predicted molar refractivity (Wildman–Crippen MR) is 118 cm³/mol. The summed E-state index contributed by atoms with van der Waals surface area (Å²) in [5, 5.41) is 9.52. The maximum Gasteiger partial charge on any atom is 0.326 e. The monoisotopic (exact) mass is 479 g/mol. The molecule has 0 radical (unpaired) electrons. The predicted octanol–water partition coefficient (Wildman–Crippen LogP) is 5.55. The fraction of sp³-hybridized carbons (Fsp3) is 0.250. The molecule has 1 aromatic heterocycles. The largest absolute Gasteiger partial charge is 0.480 e. The van der Waals surface area contributed by atoms with E-state index in [2.05, 4.69) is 15.9 Å². The Labute approximate surface area is 180 Å². The van der Waals surface area contributed by atoms with Crippen molar-refractivity contribution < 1.29 is 19.1 Å². The number of rotatable bonds is 7. The number of hydrogen-bond donors (Lipinski definition) is 1. The molecule has 0 spiro atoms. The molecule has 1 aliphatic rings. The summed E-state index contributed by atoms with van der Waals surface area (Å²) < 4.78 is 7.07. The molecule has 0 aliphatic carbocycles. The van der Waals surface area contributed by atoms with Gasteiger partial charge in [0.2, 0.25) is 0 Å². The van der Waals surface area contributed by atoms with E-state index >= 15 is 0 Å². The lowest BCUT2D eigenvalue weighted by atomic mass is 10.1. The number of benzene rings is 1. The minimum absolute atomic E-state index is 0.263. The second-order valence-electron chi connectivity index (χ2n) is 6.26. The number of unbranched alkanes of at least 4 members (excludes halogenated alkanes) is 1. The van der Waals surface area contributed by atoms with Crippen LogP contribution in [0.5, 0.6) is 0 Å². The van der Waals surface area contributed by atoms with Crippen LogP contribution >= 0.6 is 39.9 Å². The Bertz CT molecular complexity index is 936. The SMILES string of the molecule is CCCCC(C(=O)O)N1C(=O)C(=Cc2ccc(-c3ccc(Br)cc3)o2)SC1=S. The van der Waals surface area contributed by atoms with E-state index in [1.807, 2.05) is 37.3 Å². The Kier molecular flexibility index (Phi) is 6.74. The summed E-state index contributed by atoms with van der Waals surface area (Å²) in [5.41, 5.74) is 0.918.